The molecule has 1 aromatic carbocycles. The highest BCUT2D eigenvalue weighted by Crippen LogP contribution is 2.30. The van der Waals surface area contributed by atoms with Crippen molar-refractivity contribution in [3.63, 3.8) is 0 Å². The van der Waals surface area contributed by atoms with E-state index in [1.807, 2.05) is 12.1 Å². The molecule has 0 radical (unpaired) electrons. The monoisotopic (exact) mass is 275 g/mol. The highest BCUT2D eigenvalue weighted by Gasteiger charge is 2.23. The van der Waals surface area contributed by atoms with Crippen molar-refractivity contribution in [1.82, 2.24) is 4.90 Å². The molecule has 2 rings (SSSR count). The molecule has 1 aliphatic carbocycles. The first-order valence-corrected chi connectivity index (χ1v) is 7.34. The van der Waals surface area contributed by atoms with Crippen LogP contribution in [0, 0.1) is 0 Å². The molecule has 1 amide bonds. The first-order chi connectivity index (χ1) is 9.50. The fourth-order valence-corrected chi connectivity index (χ4v) is 2.93. The van der Waals surface area contributed by atoms with Crippen molar-refractivity contribution in [3.8, 4) is 0 Å². The van der Waals surface area contributed by atoms with Crippen LogP contribution in [0.15, 0.2) is 18.2 Å². The van der Waals surface area contributed by atoms with Gasteiger partial charge in [-0.2, -0.15) is 0 Å². The summed E-state index contributed by atoms with van der Waals surface area (Å²) in [7, 11) is 5.64. The van der Waals surface area contributed by atoms with Crippen molar-refractivity contribution >= 4 is 17.3 Å². The highest BCUT2D eigenvalue weighted by atomic mass is 16.2. The van der Waals surface area contributed by atoms with Crippen LogP contribution in [0.4, 0.5) is 11.4 Å². The molecule has 0 aromatic heterocycles. The molecule has 0 heterocycles. The summed E-state index contributed by atoms with van der Waals surface area (Å²) >= 11 is 0. The van der Waals surface area contributed by atoms with Crippen LogP contribution in [0.5, 0.6) is 0 Å². The van der Waals surface area contributed by atoms with E-state index in [0.717, 1.165) is 11.3 Å². The van der Waals surface area contributed by atoms with Crippen LogP contribution in [0.2, 0.25) is 0 Å². The maximum atomic E-state index is 12.3. The lowest BCUT2D eigenvalue weighted by Gasteiger charge is -2.34. The first-order valence-electron chi connectivity index (χ1n) is 7.34. The molecule has 0 unspecified atom stereocenters. The van der Waals surface area contributed by atoms with Crippen LogP contribution >= 0.6 is 0 Å². The van der Waals surface area contributed by atoms with E-state index >= 15 is 0 Å². The molecule has 2 N–H and O–H groups in total. The van der Waals surface area contributed by atoms with Gasteiger partial charge in [0.25, 0.3) is 5.91 Å². The van der Waals surface area contributed by atoms with Gasteiger partial charge in [-0.1, -0.05) is 19.3 Å². The van der Waals surface area contributed by atoms with Gasteiger partial charge in [0.15, 0.2) is 0 Å². The molecule has 0 saturated heterocycles. The van der Waals surface area contributed by atoms with E-state index in [0.29, 0.717) is 11.7 Å². The standard InChI is InChI=1S/C16H25N3O/c1-18(2)16(20)14-10-9-12(17)11-15(14)19(3)13-7-5-4-6-8-13/h9-11,13H,4-8,17H2,1-3H3. The zero-order valence-electron chi connectivity index (χ0n) is 12.7. The fourth-order valence-electron chi connectivity index (χ4n) is 2.93. The summed E-state index contributed by atoms with van der Waals surface area (Å²) in [6.45, 7) is 0. The summed E-state index contributed by atoms with van der Waals surface area (Å²) < 4.78 is 0. The van der Waals surface area contributed by atoms with Crippen molar-refractivity contribution < 1.29 is 4.79 Å². The number of nitrogens with zero attached hydrogens (tertiary/aromatic N) is 2. The van der Waals surface area contributed by atoms with E-state index in [1.54, 1.807) is 25.1 Å². The molecule has 1 aromatic rings. The van der Waals surface area contributed by atoms with Gasteiger partial charge in [-0.05, 0) is 31.0 Å². The third-order valence-corrected chi connectivity index (χ3v) is 4.16. The molecule has 4 heteroatoms. The Kier molecular flexibility index (Phi) is 4.53. The summed E-state index contributed by atoms with van der Waals surface area (Å²) in [5.41, 5.74) is 8.31. The van der Waals surface area contributed by atoms with Gasteiger partial charge in [0.2, 0.25) is 0 Å². The number of carbonyl (C=O) groups is 1. The van der Waals surface area contributed by atoms with Crippen molar-refractivity contribution in [3.05, 3.63) is 23.8 Å². The molecule has 0 spiro atoms. The Morgan fingerprint density at radius 3 is 2.40 bits per heavy atom. The van der Waals surface area contributed by atoms with Gasteiger partial charge in [0.1, 0.15) is 0 Å². The van der Waals surface area contributed by atoms with Crippen LogP contribution in [0.1, 0.15) is 42.5 Å². The number of nitrogens with two attached hydrogens (primary N) is 1. The molecule has 0 bridgehead atoms. The molecule has 20 heavy (non-hydrogen) atoms. The molecule has 0 aliphatic heterocycles. The summed E-state index contributed by atoms with van der Waals surface area (Å²) in [6, 6.07) is 6.08. The van der Waals surface area contributed by atoms with Crippen molar-refractivity contribution in [1.29, 1.82) is 0 Å². The number of nitrogen functional groups attached to an aromatic ring is 1. The molecule has 0 atom stereocenters. The summed E-state index contributed by atoms with van der Waals surface area (Å²) in [5, 5.41) is 0. The average Bonchev–Trinajstić information content (AvgIpc) is 2.46. The van der Waals surface area contributed by atoms with E-state index < -0.39 is 0 Å². The zero-order valence-corrected chi connectivity index (χ0v) is 12.7. The van der Waals surface area contributed by atoms with E-state index in [1.165, 1.54) is 32.1 Å². The van der Waals surface area contributed by atoms with E-state index in [-0.39, 0.29) is 5.91 Å². The average molecular weight is 275 g/mol. The second kappa shape index (κ2) is 6.16. The summed E-state index contributed by atoms with van der Waals surface area (Å²) in [5.74, 6) is 0.0302. The van der Waals surface area contributed by atoms with Crippen LogP contribution in [-0.2, 0) is 0 Å². The van der Waals surface area contributed by atoms with E-state index in [2.05, 4.69) is 11.9 Å². The minimum absolute atomic E-state index is 0.0302. The number of benzene rings is 1. The molecule has 1 aliphatic rings. The molecule has 4 nitrogen and oxygen atoms in total. The maximum Gasteiger partial charge on any atom is 0.255 e. The number of hydrogen-bond donors (Lipinski definition) is 1. The third-order valence-electron chi connectivity index (χ3n) is 4.16. The normalized spacial score (nSPS) is 15.9. The second-order valence-corrected chi connectivity index (χ2v) is 5.88. The lowest BCUT2D eigenvalue weighted by atomic mass is 9.93. The largest absolute Gasteiger partial charge is 0.399 e. The number of carbonyl (C=O) groups excluding carboxylic acids is 1. The molecular formula is C16H25N3O. The third kappa shape index (κ3) is 3.06. The van der Waals surface area contributed by atoms with Gasteiger partial charge in [-0.25, -0.2) is 0 Å². The van der Waals surface area contributed by atoms with Gasteiger partial charge in [-0.15, -0.1) is 0 Å². The first kappa shape index (κ1) is 14.7. The molecule has 110 valence electrons. The van der Waals surface area contributed by atoms with Gasteiger partial charge in [-0.3, -0.25) is 4.79 Å². The SMILES string of the molecule is CN(C)C(=O)c1ccc(N)cc1N(C)C1CCCCC1. The van der Waals surface area contributed by atoms with Gasteiger partial charge in [0, 0.05) is 32.9 Å². The van der Waals surface area contributed by atoms with Gasteiger partial charge >= 0.3 is 0 Å². The minimum Gasteiger partial charge on any atom is -0.399 e. The van der Waals surface area contributed by atoms with Gasteiger partial charge in [0.05, 0.1) is 11.3 Å². The lowest BCUT2D eigenvalue weighted by Crippen LogP contribution is -2.35. The minimum atomic E-state index is 0.0302. The number of hydrogen-bond acceptors (Lipinski definition) is 3. The molecule has 1 fully saturated rings. The summed E-state index contributed by atoms with van der Waals surface area (Å²) in [4.78, 5) is 16.2. The maximum absolute atomic E-state index is 12.3. The Morgan fingerprint density at radius 1 is 1.15 bits per heavy atom. The Balaban J connectivity index is 2.33. The topological polar surface area (TPSA) is 49.6 Å². The summed E-state index contributed by atoms with van der Waals surface area (Å²) in [6.07, 6.45) is 6.26. The van der Waals surface area contributed by atoms with Crippen LogP contribution in [0.25, 0.3) is 0 Å². The predicted octanol–water partition coefficient (Wildman–Crippen LogP) is 2.74. The number of rotatable bonds is 3. The number of anilines is 2. The van der Waals surface area contributed by atoms with Crippen LogP contribution in [-0.4, -0.2) is 38.0 Å². The Labute approximate surface area is 121 Å². The van der Waals surface area contributed by atoms with Crippen molar-refractivity contribution in [2.45, 2.75) is 38.1 Å². The predicted molar refractivity (Wildman–Crippen MR) is 84.1 cm³/mol. The Bertz CT molecular complexity index is 479. The van der Waals surface area contributed by atoms with Crippen molar-refractivity contribution in [2.75, 3.05) is 31.8 Å². The van der Waals surface area contributed by atoms with Gasteiger partial charge < -0.3 is 15.5 Å². The Hall–Kier alpha value is -1.71. The van der Waals surface area contributed by atoms with E-state index in [9.17, 15) is 4.79 Å². The molecule has 1 saturated carbocycles. The molecular weight excluding hydrogens is 250 g/mol. The quantitative estimate of drug-likeness (QED) is 0.863. The fraction of sp³-hybridized carbons (Fsp3) is 0.562. The van der Waals surface area contributed by atoms with Crippen molar-refractivity contribution in [2.24, 2.45) is 0 Å². The zero-order chi connectivity index (χ0) is 14.7. The second-order valence-electron chi connectivity index (χ2n) is 5.88. The number of amides is 1. The van der Waals surface area contributed by atoms with Crippen LogP contribution in [0.3, 0.4) is 0 Å². The Morgan fingerprint density at radius 2 is 1.80 bits per heavy atom. The van der Waals surface area contributed by atoms with Crippen LogP contribution < -0.4 is 10.6 Å². The smallest absolute Gasteiger partial charge is 0.255 e. The van der Waals surface area contributed by atoms with E-state index in [4.69, 9.17) is 5.73 Å². The lowest BCUT2D eigenvalue weighted by molar-refractivity contribution is 0.0828. The highest BCUT2D eigenvalue weighted by molar-refractivity contribution is 6.00.